The van der Waals surface area contributed by atoms with Crippen molar-refractivity contribution in [3.05, 3.63) is 24.0 Å². The molecule has 0 radical (unpaired) electrons. The molecule has 0 fully saturated rings. The Balaban J connectivity index is 2.27. The van der Waals surface area contributed by atoms with Crippen LogP contribution in [0.1, 0.15) is 13.3 Å². The SMILES string of the molecule is CC(CCn1c(N)nc2cc(F)ccc21)S(C)=O. The molecule has 18 heavy (non-hydrogen) atoms. The molecule has 6 heteroatoms. The first-order chi connectivity index (χ1) is 8.49. The van der Waals surface area contributed by atoms with Crippen molar-refractivity contribution in [3.63, 3.8) is 0 Å². The van der Waals surface area contributed by atoms with Crippen molar-refractivity contribution in [3.8, 4) is 0 Å². The Morgan fingerprint density at radius 2 is 2.28 bits per heavy atom. The Labute approximate surface area is 107 Å². The van der Waals surface area contributed by atoms with E-state index in [0.29, 0.717) is 18.0 Å². The zero-order chi connectivity index (χ0) is 13.3. The zero-order valence-corrected chi connectivity index (χ0v) is 11.2. The van der Waals surface area contributed by atoms with Gasteiger partial charge in [-0.15, -0.1) is 0 Å². The molecule has 98 valence electrons. The lowest BCUT2D eigenvalue weighted by molar-refractivity contribution is 0.627. The van der Waals surface area contributed by atoms with Crippen LogP contribution in [0.3, 0.4) is 0 Å². The first-order valence-electron chi connectivity index (χ1n) is 5.72. The number of anilines is 1. The zero-order valence-electron chi connectivity index (χ0n) is 10.4. The Bertz CT molecular complexity index is 596. The summed E-state index contributed by atoms with van der Waals surface area (Å²) in [5.41, 5.74) is 7.18. The first kappa shape index (κ1) is 13.0. The van der Waals surface area contributed by atoms with Gasteiger partial charge in [-0.2, -0.15) is 0 Å². The van der Waals surface area contributed by atoms with E-state index in [1.807, 2.05) is 11.5 Å². The third-order valence-electron chi connectivity index (χ3n) is 3.07. The molecule has 0 saturated carbocycles. The molecule has 0 saturated heterocycles. The van der Waals surface area contributed by atoms with Crippen molar-refractivity contribution < 1.29 is 8.60 Å². The van der Waals surface area contributed by atoms with Crippen LogP contribution in [0.25, 0.3) is 11.0 Å². The number of nitrogen functional groups attached to an aromatic ring is 1. The van der Waals surface area contributed by atoms with Crippen molar-refractivity contribution in [1.29, 1.82) is 0 Å². The number of rotatable bonds is 4. The highest BCUT2D eigenvalue weighted by Crippen LogP contribution is 2.19. The second kappa shape index (κ2) is 5.06. The second-order valence-corrected chi connectivity index (χ2v) is 6.15. The van der Waals surface area contributed by atoms with Crippen LogP contribution in [0.5, 0.6) is 0 Å². The van der Waals surface area contributed by atoms with E-state index in [1.165, 1.54) is 12.1 Å². The molecule has 0 bridgehead atoms. The van der Waals surface area contributed by atoms with Gasteiger partial charge in [0.15, 0.2) is 0 Å². The van der Waals surface area contributed by atoms with Crippen LogP contribution in [0, 0.1) is 5.82 Å². The maximum atomic E-state index is 13.1. The number of aromatic nitrogens is 2. The Morgan fingerprint density at radius 1 is 1.56 bits per heavy atom. The first-order valence-corrected chi connectivity index (χ1v) is 7.34. The van der Waals surface area contributed by atoms with E-state index in [9.17, 15) is 8.60 Å². The maximum absolute atomic E-state index is 13.1. The third kappa shape index (κ3) is 2.53. The summed E-state index contributed by atoms with van der Waals surface area (Å²) in [6.45, 7) is 2.57. The summed E-state index contributed by atoms with van der Waals surface area (Å²) in [5.74, 6) is 0.0415. The molecule has 1 heterocycles. The number of benzene rings is 1. The quantitative estimate of drug-likeness (QED) is 0.922. The molecule has 0 aliphatic rings. The molecule has 0 amide bonds. The molecule has 2 atom stereocenters. The van der Waals surface area contributed by atoms with Gasteiger partial charge in [0.1, 0.15) is 5.82 Å². The van der Waals surface area contributed by atoms with Gasteiger partial charge >= 0.3 is 0 Å². The largest absolute Gasteiger partial charge is 0.369 e. The lowest BCUT2D eigenvalue weighted by Gasteiger charge is -2.10. The Kier molecular flexibility index (Phi) is 3.65. The molecule has 1 aromatic carbocycles. The maximum Gasteiger partial charge on any atom is 0.201 e. The number of halogens is 1. The van der Waals surface area contributed by atoms with Gasteiger partial charge in [0.05, 0.1) is 11.0 Å². The lowest BCUT2D eigenvalue weighted by atomic mass is 10.3. The summed E-state index contributed by atoms with van der Waals surface area (Å²) in [7, 11) is -0.850. The highest BCUT2D eigenvalue weighted by molar-refractivity contribution is 7.84. The van der Waals surface area contributed by atoms with E-state index in [2.05, 4.69) is 4.98 Å². The average molecular weight is 269 g/mol. The van der Waals surface area contributed by atoms with Gasteiger partial charge in [-0.05, 0) is 18.6 Å². The molecule has 0 spiro atoms. The number of nitrogens with two attached hydrogens (primary N) is 1. The Hall–Kier alpha value is -1.43. The summed E-state index contributed by atoms with van der Waals surface area (Å²) >= 11 is 0. The minimum absolute atomic E-state index is 0.0994. The molecule has 2 unspecified atom stereocenters. The minimum Gasteiger partial charge on any atom is -0.369 e. The summed E-state index contributed by atoms with van der Waals surface area (Å²) in [4.78, 5) is 4.12. The minimum atomic E-state index is -0.850. The Morgan fingerprint density at radius 3 is 2.94 bits per heavy atom. The molecule has 0 aliphatic carbocycles. The molecule has 4 nitrogen and oxygen atoms in total. The molecular weight excluding hydrogens is 253 g/mol. The third-order valence-corrected chi connectivity index (χ3v) is 4.43. The summed E-state index contributed by atoms with van der Waals surface area (Å²) in [6.07, 6.45) is 2.44. The van der Waals surface area contributed by atoms with E-state index < -0.39 is 10.8 Å². The summed E-state index contributed by atoms with van der Waals surface area (Å²) in [5, 5.41) is 0.0994. The monoisotopic (exact) mass is 269 g/mol. The lowest BCUT2D eigenvalue weighted by Crippen LogP contribution is -2.13. The molecule has 2 N–H and O–H groups in total. The molecule has 0 aliphatic heterocycles. The van der Waals surface area contributed by atoms with Gasteiger partial charge in [-0.1, -0.05) is 6.92 Å². The highest BCUT2D eigenvalue weighted by Gasteiger charge is 2.11. The van der Waals surface area contributed by atoms with Crippen molar-refractivity contribution in [2.75, 3.05) is 12.0 Å². The van der Waals surface area contributed by atoms with Gasteiger partial charge in [0, 0.05) is 34.9 Å². The van der Waals surface area contributed by atoms with Crippen LogP contribution in [0.2, 0.25) is 0 Å². The van der Waals surface area contributed by atoms with Crippen LogP contribution in [-0.4, -0.2) is 25.3 Å². The molecule has 2 rings (SSSR count). The molecule has 2 aromatic rings. The van der Waals surface area contributed by atoms with E-state index in [1.54, 1.807) is 12.3 Å². The molecular formula is C12H16FN3OS. The van der Waals surface area contributed by atoms with E-state index in [4.69, 9.17) is 5.73 Å². The van der Waals surface area contributed by atoms with Gasteiger partial charge in [-0.25, -0.2) is 9.37 Å². The van der Waals surface area contributed by atoms with Crippen LogP contribution in [0.15, 0.2) is 18.2 Å². The fourth-order valence-electron chi connectivity index (χ4n) is 1.83. The second-order valence-electron chi connectivity index (χ2n) is 4.35. The van der Waals surface area contributed by atoms with Crippen molar-refractivity contribution in [2.24, 2.45) is 0 Å². The smallest absolute Gasteiger partial charge is 0.201 e. The van der Waals surface area contributed by atoms with Crippen molar-refractivity contribution in [2.45, 2.75) is 25.1 Å². The van der Waals surface area contributed by atoms with Gasteiger partial charge in [-0.3, -0.25) is 4.21 Å². The van der Waals surface area contributed by atoms with E-state index in [0.717, 1.165) is 11.9 Å². The van der Waals surface area contributed by atoms with E-state index >= 15 is 0 Å². The van der Waals surface area contributed by atoms with Crippen LogP contribution < -0.4 is 5.73 Å². The van der Waals surface area contributed by atoms with Crippen LogP contribution in [0.4, 0.5) is 10.3 Å². The average Bonchev–Trinajstić information content (AvgIpc) is 2.60. The molecule has 1 aromatic heterocycles. The van der Waals surface area contributed by atoms with Gasteiger partial charge < -0.3 is 10.3 Å². The fourth-order valence-corrected chi connectivity index (χ4v) is 2.27. The number of hydrogen-bond donors (Lipinski definition) is 1. The van der Waals surface area contributed by atoms with Gasteiger partial charge in [0.25, 0.3) is 0 Å². The number of hydrogen-bond acceptors (Lipinski definition) is 3. The predicted molar refractivity (Wildman–Crippen MR) is 72.2 cm³/mol. The van der Waals surface area contributed by atoms with Crippen molar-refractivity contribution in [1.82, 2.24) is 9.55 Å². The fraction of sp³-hybridized carbons (Fsp3) is 0.417. The highest BCUT2D eigenvalue weighted by atomic mass is 32.2. The standard InChI is InChI=1S/C12H16FN3OS/c1-8(18(2)17)5-6-16-11-4-3-9(13)7-10(11)15-12(16)14/h3-4,7-8H,5-6H2,1-2H3,(H2,14,15). The van der Waals surface area contributed by atoms with Crippen LogP contribution >= 0.6 is 0 Å². The number of aryl methyl sites for hydroxylation is 1. The normalized spacial score (nSPS) is 14.8. The van der Waals surface area contributed by atoms with Crippen molar-refractivity contribution >= 4 is 27.8 Å². The summed E-state index contributed by atoms with van der Waals surface area (Å²) < 4.78 is 26.2. The number of imidazole rings is 1. The van der Waals surface area contributed by atoms with Gasteiger partial charge in [0.2, 0.25) is 5.95 Å². The topological polar surface area (TPSA) is 60.9 Å². The van der Waals surface area contributed by atoms with Crippen LogP contribution in [-0.2, 0) is 17.3 Å². The predicted octanol–water partition coefficient (Wildman–Crippen LogP) is 1.91. The number of nitrogens with zero attached hydrogens (tertiary/aromatic N) is 2. The van der Waals surface area contributed by atoms with E-state index in [-0.39, 0.29) is 11.1 Å². The summed E-state index contributed by atoms with van der Waals surface area (Å²) in [6, 6.07) is 4.42. The number of fused-ring (bicyclic) bond motifs is 1.